The Bertz CT molecular complexity index is 296. The standard InChI is InChI=1S/C9H10O3/c1-6-2-3-8-7(4-6)5-9(10)12-11-8/h2-4,9-10H,5H2,1H3. The lowest BCUT2D eigenvalue weighted by atomic mass is 10.1. The summed E-state index contributed by atoms with van der Waals surface area (Å²) in [5, 5.41) is 9.10. The Hall–Kier alpha value is -1.06. The highest BCUT2D eigenvalue weighted by atomic mass is 17.2. The van der Waals surface area contributed by atoms with Gasteiger partial charge in [0, 0.05) is 12.0 Å². The van der Waals surface area contributed by atoms with E-state index in [1.165, 1.54) is 0 Å². The topological polar surface area (TPSA) is 38.7 Å². The minimum Gasteiger partial charge on any atom is -0.365 e. The van der Waals surface area contributed by atoms with Crippen LogP contribution in [-0.4, -0.2) is 11.4 Å². The molecule has 1 aromatic rings. The lowest BCUT2D eigenvalue weighted by Gasteiger charge is -2.19. The summed E-state index contributed by atoms with van der Waals surface area (Å²) in [5.41, 5.74) is 2.15. The van der Waals surface area contributed by atoms with Crippen LogP contribution in [0.3, 0.4) is 0 Å². The summed E-state index contributed by atoms with van der Waals surface area (Å²) in [5.74, 6) is 0.700. The maximum atomic E-state index is 9.10. The smallest absolute Gasteiger partial charge is 0.204 e. The van der Waals surface area contributed by atoms with Crippen molar-refractivity contribution in [1.82, 2.24) is 0 Å². The van der Waals surface area contributed by atoms with E-state index in [0.717, 1.165) is 11.1 Å². The molecular formula is C9H10O3. The van der Waals surface area contributed by atoms with Gasteiger partial charge < -0.3 is 9.99 Å². The first-order valence-corrected chi connectivity index (χ1v) is 3.86. The molecule has 12 heavy (non-hydrogen) atoms. The summed E-state index contributed by atoms with van der Waals surface area (Å²) in [6.07, 6.45) is -0.337. The summed E-state index contributed by atoms with van der Waals surface area (Å²) in [4.78, 5) is 9.44. The normalized spacial score (nSPS) is 21.3. The fraction of sp³-hybridized carbons (Fsp3) is 0.333. The molecule has 0 saturated heterocycles. The largest absolute Gasteiger partial charge is 0.365 e. The fourth-order valence-corrected chi connectivity index (χ4v) is 1.28. The average Bonchev–Trinajstić information content (AvgIpc) is 2.03. The third kappa shape index (κ3) is 1.29. The van der Waals surface area contributed by atoms with Crippen LogP contribution in [-0.2, 0) is 11.3 Å². The van der Waals surface area contributed by atoms with E-state index in [9.17, 15) is 0 Å². The van der Waals surface area contributed by atoms with Gasteiger partial charge in [0.05, 0.1) is 0 Å². The summed E-state index contributed by atoms with van der Waals surface area (Å²) in [6, 6.07) is 5.78. The van der Waals surface area contributed by atoms with Gasteiger partial charge in [0.1, 0.15) is 0 Å². The zero-order valence-corrected chi connectivity index (χ0v) is 6.78. The molecule has 0 aromatic heterocycles. The first-order valence-electron chi connectivity index (χ1n) is 3.86. The van der Waals surface area contributed by atoms with Crippen LogP contribution in [0.2, 0.25) is 0 Å². The third-order valence-corrected chi connectivity index (χ3v) is 1.86. The lowest BCUT2D eigenvalue weighted by molar-refractivity contribution is -0.314. The number of hydrogen-bond donors (Lipinski definition) is 1. The second kappa shape index (κ2) is 2.77. The molecule has 0 spiro atoms. The molecule has 0 amide bonds. The van der Waals surface area contributed by atoms with Crippen LogP contribution in [0.1, 0.15) is 11.1 Å². The molecule has 1 aromatic carbocycles. The van der Waals surface area contributed by atoms with Crippen molar-refractivity contribution in [1.29, 1.82) is 0 Å². The highest BCUT2D eigenvalue weighted by Crippen LogP contribution is 2.25. The highest BCUT2D eigenvalue weighted by molar-refractivity contribution is 5.37. The second-order valence-corrected chi connectivity index (χ2v) is 2.95. The molecule has 1 N–H and O–H groups in total. The summed E-state index contributed by atoms with van der Waals surface area (Å²) >= 11 is 0. The zero-order chi connectivity index (χ0) is 8.55. The van der Waals surface area contributed by atoms with Crippen LogP contribution in [0, 0.1) is 6.92 Å². The molecule has 64 valence electrons. The molecule has 3 nitrogen and oxygen atoms in total. The van der Waals surface area contributed by atoms with Crippen LogP contribution in [0.25, 0.3) is 0 Å². The minimum atomic E-state index is -0.834. The van der Waals surface area contributed by atoms with E-state index in [0.29, 0.717) is 12.2 Å². The van der Waals surface area contributed by atoms with Gasteiger partial charge in [0.15, 0.2) is 5.75 Å². The van der Waals surface area contributed by atoms with Crippen molar-refractivity contribution < 1.29 is 14.9 Å². The molecule has 0 fully saturated rings. The van der Waals surface area contributed by atoms with E-state index >= 15 is 0 Å². The highest BCUT2D eigenvalue weighted by Gasteiger charge is 2.18. The van der Waals surface area contributed by atoms with Crippen LogP contribution < -0.4 is 4.89 Å². The van der Waals surface area contributed by atoms with Gasteiger partial charge in [-0.25, -0.2) is 0 Å². The number of benzene rings is 1. The van der Waals surface area contributed by atoms with Crippen LogP contribution in [0.5, 0.6) is 5.75 Å². The van der Waals surface area contributed by atoms with Crippen LogP contribution in [0.15, 0.2) is 18.2 Å². The van der Waals surface area contributed by atoms with Crippen molar-refractivity contribution in [3.8, 4) is 5.75 Å². The van der Waals surface area contributed by atoms with E-state index in [1.54, 1.807) is 0 Å². The van der Waals surface area contributed by atoms with Gasteiger partial charge >= 0.3 is 0 Å². The first kappa shape index (κ1) is 7.58. The maximum Gasteiger partial charge on any atom is 0.204 e. The predicted molar refractivity (Wildman–Crippen MR) is 42.6 cm³/mol. The molecule has 2 rings (SSSR count). The van der Waals surface area contributed by atoms with E-state index in [2.05, 4.69) is 4.89 Å². The van der Waals surface area contributed by atoms with Crippen molar-refractivity contribution in [2.75, 3.05) is 0 Å². The zero-order valence-electron chi connectivity index (χ0n) is 6.78. The lowest BCUT2D eigenvalue weighted by Crippen LogP contribution is -2.22. The van der Waals surface area contributed by atoms with Crippen LogP contribution >= 0.6 is 0 Å². The van der Waals surface area contributed by atoms with Gasteiger partial charge in [-0.3, -0.25) is 0 Å². The average molecular weight is 166 g/mol. The van der Waals surface area contributed by atoms with E-state index in [1.807, 2.05) is 25.1 Å². The van der Waals surface area contributed by atoms with E-state index < -0.39 is 6.29 Å². The Balaban J connectivity index is 2.37. The Kier molecular flexibility index (Phi) is 1.75. The first-order chi connectivity index (χ1) is 5.75. The molecular weight excluding hydrogens is 156 g/mol. The number of aliphatic hydroxyl groups is 1. The van der Waals surface area contributed by atoms with E-state index in [-0.39, 0.29) is 0 Å². The molecule has 0 bridgehead atoms. The summed E-state index contributed by atoms with van der Waals surface area (Å²) in [7, 11) is 0. The molecule has 1 heterocycles. The molecule has 3 heteroatoms. The number of fused-ring (bicyclic) bond motifs is 1. The molecule has 0 aliphatic carbocycles. The molecule has 0 radical (unpaired) electrons. The summed E-state index contributed by atoms with van der Waals surface area (Å²) in [6.45, 7) is 2.00. The van der Waals surface area contributed by atoms with Gasteiger partial charge in [0.25, 0.3) is 0 Å². The molecule has 1 atom stereocenters. The summed E-state index contributed by atoms with van der Waals surface area (Å²) < 4.78 is 0. The van der Waals surface area contributed by atoms with Crippen molar-refractivity contribution in [3.63, 3.8) is 0 Å². The Labute approximate surface area is 70.5 Å². The van der Waals surface area contributed by atoms with Gasteiger partial charge in [-0.15, -0.1) is 0 Å². The van der Waals surface area contributed by atoms with E-state index in [4.69, 9.17) is 9.99 Å². The van der Waals surface area contributed by atoms with Crippen molar-refractivity contribution in [2.45, 2.75) is 19.6 Å². The number of aliphatic hydroxyl groups excluding tert-OH is 1. The Morgan fingerprint density at radius 3 is 3.17 bits per heavy atom. The number of rotatable bonds is 0. The van der Waals surface area contributed by atoms with Crippen molar-refractivity contribution >= 4 is 0 Å². The molecule has 0 saturated carbocycles. The van der Waals surface area contributed by atoms with Gasteiger partial charge in [-0.05, 0) is 13.0 Å². The number of aryl methyl sites for hydroxylation is 1. The molecule has 1 aliphatic rings. The van der Waals surface area contributed by atoms with Gasteiger partial charge in [0.2, 0.25) is 6.29 Å². The Morgan fingerprint density at radius 1 is 1.50 bits per heavy atom. The fourth-order valence-electron chi connectivity index (χ4n) is 1.28. The van der Waals surface area contributed by atoms with Crippen molar-refractivity contribution in [3.05, 3.63) is 29.3 Å². The monoisotopic (exact) mass is 166 g/mol. The second-order valence-electron chi connectivity index (χ2n) is 2.95. The molecule has 1 unspecified atom stereocenters. The van der Waals surface area contributed by atoms with Gasteiger partial charge in [-0.2, -0.15) is 4.89 Å². The van der Waals surface area contributed by atoms with Gasteiger partial charge in [-0.1, -0.05) is 17.7 Å². The maximum absolute atomic E-state index is 9.10. The van der Waals surface area contributed by atoms with Crippen molar-refractivity contribution in [2.24, 2.45) is 0 Å². The quantitative estimate of drug-likeness (QED) is 0.588. The molecule has 1 aliphatic heterocycles. The number of hydrogen-bond acceptors (Lipinski definition) is 3. The third-order valence-electron chi connectivity index (χ3n) is 1.86. The predicted octanol–water partition coefficient (Wildman–Crippen LogP) is 1.18. The SMILES string of the molecule is Cc1ccc2c(c1)CC(O)OO2. The minimum absolute atomic E-state index is 0.497. The Morgan fingerprint density at radius 2 is 2.33 bits per heavy atom. The van der Waals surface area contributed by atoms with Crippen LogP contribution in [0.4, 0.5) is 0 Å².